The molecule has 0 aromatic heterocycles. The second kappa shape index (κ2) is 4.36. The maximum Gasteiger partial charge on any atom is 0.342 e. The predicted molar refractivity (Wildman–Crippen MR) is 55.0 cm³/mol. The Morgan fingerprint density at radius 1 is 1.67 bits per heavy atom. The lowest BCUT2D eigenvalue weighted by Crippen LogP contribution is -2.48. The van der Waals surface area contributed by atoms with Gasteiger partial charge in [0, 0.05) is 6.42 Å². The molecule has 0 amide bonds. The second-order valence-corrected chi connectivity index (χ2v) is 5.31. The number of carbonyl (C=O) groups is 2. The molecule has 7 heteroatoms. The molecule has 0 N–H and O–H groups in total. The first-order valence-corrected chi connectivity index (χ1v) is 5.38. The minimum absolute atomic E-state index is 0.0187. The van der Waals surface area contributed by atoms with Crippen LogP contribution in [0.5, 0.6) is 0 Å². The van der Waals surface area contributed by atoms with E-state index in [4.69, 9.17) is 34.8 Å². The highest BCUT2D eigenvalue weighted by Gasteiger charge is 2.52. The van der Waals surface area contributed by atoms with E-state index in [1.165, 1.54) is 0 Å². The third kappa shape index (κ3) is 3.13. The normalized spacial score (nSPS) is 25.5. The first-order chi connectivity index (χ1) is 6.79. The van der Waals surface area contributed by atoms with Crippen LogP contribution in [0.4, 0.5) is 0 Å². The van der Waals surface area contributed by atoms with Crippen molar-refractivity contribution in [2.75, 3.05) is 6.61 Å². The van der Waals surface area contributed by atoms with Crippen molar-refractivity contribution < 1.29 is 19.1 Å². The molecule has 0 aliphatic carbocycles. The van der Waals surface area contributed by atoms with Crippen LogP contribution in [-0.2, 0) is 19.1 Å². The molecule has 15 heavy (non-hydrogen) atoms. The fourth-order valence-electron chi connectivity index (χ4n) is 1.15. The van der Waals surface area contributed by atoms with Gasteiger partial charge in [-0.3, -0.25) is 4.79 Å². The molecule has 0 radical (unpaired) electrons. The Labute approximate surface area is 102 Å². The van der Waals surface area contributed by atoms with E-state index in [-0.39, 0.29) is 19.4 Å². The largest absolute Gasteiger partial charge is 0.464 e. The Kier molecular flexibility index (Phi) is 3.74. The van der Waals surface area contributed by atoms with Gasteiger partial charge in [0.25, 0.3) is 0 Å². The SMILES string of the molecule is CCOC(=O)C(Cl)(Cl)CC1(Cl)CC(=O)O1. The summed E-state index contributed by atoms with van der Waals surface area (Å²) in [5, 5.41) is -1.28. The predicted octanol–water partition coefficient (Wildman–Crippen LogP) is 2.00. The van der Waals surface area contributed by atoms with Gasteiger partial charge in [-0.2, -0.15) is 0 Å². The number of halogens is 3. The van der Waals surface area contributed by atoms with Gasteiger partial charge in [-0.05, 0) is 6.92 Å². The van der Waals surface area contributed by atoms with Crippen molar-refractivity contribution >= 4 is 46.7 Å². The monoisotopic (exact) mass is 274 g/mol. The molecule has 1 unspecified atom stereocenters. The van der Waals surface area contributed by atoms with Gasteiger partial charge in [0.15, 0.2) is 5.06 Å². The van der Waals surface area contributed by atoms with Crippen LogP contribution in [0.1, 0.15) is 19.8 Å². The lowest BCUT2D eigenvalue weighted by atomic mass is 10.1. The van der Waals surface area contributed by atoms with Crippen LogP contribution in [0.15, 0.2) is 0 Å². The number of rotatable bonds is 4. The van der Waals surface area contributed by atoms with Gasteiger partial charge in [0.1, 0.15) is 6.42 Å². The third-order valence-corrected chi connectivity index (χ3v) is 2.69. The average molecular weight is 276 g/mol. The van der Waals surface area contributed by atoms with Gasteiger partial charge in [0.2, 0.25) is 4.33 Å². The molecule has 1 saturated heterocycles. The van der Waals surface area contributed by atoms with Crippen molar-refractivity contribution in [1.29, 1.82) is 0 Å². The zero-order valence-electron chi connectivity index (χ0n) is 7.89. The molecular formula is C8H9Cl3O4. The highest BCUT2D eigenvalue weighted by Crippen LogP contribution is 2.43. The van der Waals surface area contributed by atoms with Crippen molar-refractivity contribution in [3.8, 4) is 0 Å². The summed E-state index contributed by atoms with van der Waals surface area (Å²) in [5.74, 6) is -1.24. The van der Waals surface area contributed by atoms with E-state index in [9.17, 15) is 9.59 Å². The van der Waals surface area contributed by atoms with Crippen molar-refractivity contribution in [3.05, 3.63) is 0 Å². The summed E-state index contributed by atoms with van der Waals surface area (Å²) in [6.45, 7) is 1.79. The molecule has 86 valence electrons. The molecule has 0 aromatic carbocycles. The topological polar surface area (TPSA) is 52.6 Å². The Bertz CT molecular complexity index is 282. The Morgan fingerprint density at radius 2 is 2.20 bits per heavy atom. The van der Waals surface area contributed by atoms with Crippen LogP contribution in [0, 0.1) is 0 Å². The van der Waals surface area contributed by atoms with Crippen LogP contribution in [0.3, 0.4) is 0 Å². The van der Waals surface area contributed by atoms with Gasteiger partial charge in [0.05, 0.1) is 6.61 Å². The van der Waals surface area contributed by atoms with Gasteiger partial charge in [-0.15, -0.1) is 0 Å². The van der Waals surface area contributed by atoms with Crippen LogP contribution < -0.4 is 0 Å². The van der Waals surface area contributed by atoms with Crippen molar-refractivity contribution in [2.24, 2.45) is 0 Å². The molecule has 0 aromatic rings. The highest BCUT2D eigenvalue weighted by molar-refractivity contribution is 6.57. The quantitative estimate of drug-likeness (QED) is 0.582. The van der Waals surface area contributed by atoms with Crippen molar-refractivity contribution in [1.82, 2.24) is 0 Å². The number of hydrogen-bond donors (Lipinski definition) is 0. The van der Waals surface area contributed by atoms with E-state index in [0.29, 0.717) is 0 Å². The minimum atomic E-state index is -1.79. The maximum atomic E-state index is 11.3. The zero-order chi connectivity index (χ0) is 11.7. The van der Waals surface area contributed by atoms with E-state index < -0.39 is 21.3 Å². The molecule has 0 spiro atoms. The van der Waals surface area contributed by atoms with E-state index in [2.05, 4.69) is 9.47 Å². The smallest absolute Gasteiger partial charge is 0.342 e. The van der Waals surface area contributed by atoms with Crippen LogP contribution in [-0.4, -0.2) is 27.9 Å². The molecule has 1 rings (SSSR count). The lowest BCUT2D eigenvalue weighted by Gasteiger charge is -2.37. The number of cyclic esters (lactones) is 1. The summed E-state index contributed by atoms with van der Waals surface area (Å²) >= 11 is 17.3. The fraction of sp³-hybridized carbons (Fsp3) is 0.750. The molecular weight excluding hydrogens is 266 g/mol. The summed E-state index contributed by atoms with van der Waals surface area (Å²) < 4.78 is 7.49. The van der Waals surface area contributed by atoms with Crippen LogP contribution >= 0.6 is 34.8 Å². The van der Waals surface area contributed by atoms with E-state index in [1.54, 1.807) is 6.92 Å². The van der Waals surface area contributed by atoms with E-state index in [0.717, 1.165) is 0 Å². The molecule has 1 atom stereocenters. The standard InChI is InChI=1S/C8H9Cl3O4/c1-2-14-6(13)8(10,11)4-7(9)3-5(12)15-7/h2-4H2,1H3. The number of carbonyl (C=O) groups excluding carboxylic acids is 2. The minimum Gasteiger partial charge on any atom is -0.464 e. The van der Waals surface area contributed by atoms with Crippen molar-refractivity contribution in [2.45, 2.75) is 29.2 Å². The third-order valence-electron chi connectivity index (χ3n) is 1.77. The Hall–Kier alpha value is -0.190. The van der Waals surface area contributed by atoms with Crippen LogP contribution in [0.2, 0.25) is 0 Å². The summed E-state index contributed by atoms with van der Waals surface area (Å²) in [4.78, 5) is 21.9. The summed E-state index contributed by atoms with van der Waals surface area (Å²) in [6, 6.07) is 0. The number of hydrogen-bond acceptors (Lipinski definition) is 4. The highest BCUT2D eigenvalue weighted by atomic mass is 35.5. The molecule has 4 nitrogen and oxygen atoms in total. The molecule has 1 aliphatic heterocycles. The first kappa shape index (κ1) is 12.9. The number of esters is 2. The van der Waals surface area contributed by atoms with Crippen molar-refractivity contribution in [3.63, 3.8) is 0 Å². The Morgan fingerprint density at radius 3 is 2.60 bits per heavy atom. The lowest BCUT2D eigenvalue weighted by molar-refractivity contribution is -0.178. The van der Waals surface area contributed by atoms with Gasteiger partial charge in [-0.1, -0.05) is 34.8 Å². The molecule has 1 fully saturated rings. The van der Waals surface area contributed by atoms with Gasteiger partial charge in [-0.25, -0.2) is 4.79 Å². The number of ether oxygens (including phenoxy) is 2. The molecule has 0 saturated carbocycles. The van der Waals surface area contributed by atoms with E-state index >= 15 is 0 Å². The zero-order valence-corrected chi connectivity index (χ0v) is 10.2. The summed E-state index contributed by atoms with van der Waals surface area (Å²) in [6.07, 6.45) is -0.218. The summed E-state index contributed by atoms with van der Waals surface area (Å²) in [5.41, 5.74) is 0. The second-order valence-electron chi connectivity index (χ2n) is 3.14. The first-order valence-electron chi connectivity index (χ1n) is 4.25. The number of alkyl halides is 3. The molecule has 1 aliphatic rings. The van der Waals surface area contributed by atoms with Gasteiger partial charge < -0.3 is 9.47 Å². The average Bonchev–Trinajstić information content (AvgIpc) is 2.00. The van der Waals surface area contributed by atoms with E-state index in [1.807, 2.05) is 0 Å². The maximum absolute atomic E-state index is 11.3. The molecule has 1 heterocycles. The fourth-order valence-corrected chi connectivity index (χ4v) is 2.22. The Balaban J connectivity index is 2.56. The van der Waals surface area contributed by atoms with Gasteiger partial charge >= 0.3 is 11.9 Å². The molecule has 0 bridgehead atoms. The van der Waals surface area contributed by atoms with Crippen LogP contribution in [0.25, 0.3) is 0 Å². The summed E-state index contributed by atoms with van der Waals surface area (Å²) in [7, 11) is 0.